The summed E-state index contributed by atoms with van der Waals surface area (Å²) in [5.41, 5.74) is -0.151. The molecule has 9 nitrogen and oxygen atoms in total. The number of amides is 2. The number of hydrogen-bond donors (Lipinski definition) is 2. The fraction of sp³-hybridized carbons (Fsp3) is 0.143. The molecule has 2 N–H and O–H groups in total. The highest BCUT2D eigenvalue weighted by Gasteiger charge is 2.34. The molecule has 4 rings (SSSR count). The van der Waals surface area contributed by atoms with E-state index in [2.05, 4.69) is 30.6 Å². The maximum atomic E-state index is 13.0. The molecule has 0 saturated heterocycles. The van der Waals surface area contributed by atoms with Crippen LogP contribution in [0.1, 0.15) is 43.7 Å². The van der Waals surface area contributed by atoms with Gasteiger partial charge in [-0.3, -0.25) is 14.6 Å². The van der Waals surface area contributed by atoms with E-state index in [0.29, 0.717) is 11.1 Å². The van der Waals surface area contributed by atoms with E-state index in [0.717, 1.165) is 23.2 Å². The maximum absolute atomic E-state index is 13.0. The number of carbonyl (C=O) groups excluding carboxylic acids is 2. The van der Waals surface area contributed by atoms with Crippen molar-refractivity contribution in [2.24, 2.45) is 0 Å². The van der Waals surface area contributed by atoms with E-state index < -0.39 is 34.6 Å². The van der Waals surface area contributed by atoms with Gasteiger partial charge in [0.15, 0.2) is 0 Å². The Labute approximate surface area is 205 Å². The molecule has 0 aliphatic heterocycles. The van der Waals surface area contributed by atoms with Crippen LogP contribution in [0.25, 0.3) is 5.69 Å². The fourth-order valence-corrected chi connectivity index (χ4v) is 3.95. The normalized spacial score (nSPS) is 12.3. The molecule has 0 bridgehead atoms. The molecule has 0 aromatic carbocycles. The van der Waals surface area contributed by atoms with Gasteiger partial charge in [-0.2, -0.15) is 13.2 Å². The Morgan fingerprint density at radius 2 is 1.86 bits per heavy atom. The molecule has 180 valence electrons. The number of thiazole rings is 1. The first-order chi connectivity index (χ1) is 16.6. The SMILES string of the molecule is CC(NC(=O)c1cn(-c2ccncc2)cn1)c1ncc(C(=O)Nc2cc(C(F)(F)F)c(Cl)cn2)s1. The van der Waals surface area contributed by atoms with Gasteiger partial charge in [0.2, 0.25) is 0 Å². The number of imidazole rings is 1. The second-order valence-corrected chi connectivity index (χ2v) is 8.60. The standard InChI is InChI=1S/C21H15ClF3N7O2S/c1-11(30-18(33)15-9-32(10-29-15)12-2-4-26-5-3-12)20-28-8-16(35-20)19(34)31-17-6-13(21(23,24)25)14(22)7-27-17/h2-11H,1H3,(H,30,33)(H,27,31,34). The molecule has 4 aromatic heterocycles. The number of rotatable bonds is 6. The predicted octanol–water partition coefficient (Wildman–Crippen LogP) is 4.53. The van der Waals surface area contributed by atoms with Crippen molar-refractivity contribution in [1.82, 2.24) is 29.8 Å². The van der Waals surface area contributed by atoms with Gasteiger partial charge in [0.1, 0.15) is 27.7 Å². The van der Waals surface area contributed by atoms with Crippen molar-refractivity contribution in [3.05, 3.63) is 81.7 Å². The molecule has 0 radical (unpaired) electrons. The quantitative estimate of drug-likeness (QED) is 0.385. The van der Waals surface area contributed by atoms with E-state index in [-0.39, 0.29) is 16.4 Å². The van der Waals surface area contributed by atoms with Gasteiger partial charge in [-0.05, 0) is 25.1 Å². The summed E-state index contributed by atoms with van der Waals surface area (Å²) in [6, 6.07) is 3.61. The molecule has 0 fully saturated rings. The second kappa shape index (κ2) is 9.80. The topological polar surface area (TPSA) is 115 Å². The van der Waals surface area contributed by atoms with Crippen LogP contribution in [0.4, 0.5) is 19.0 Å². The third kappa shape index (κ3) is 5.63. The summed E-state index contributed by atoms with van der Waals surface area (Å²) >= 11 is 6.52. The monoisotopic (exact) mass is 521 g/mol. The van der Waals surface area contributed by atoms with E-state index in [1.54, 1.807) is 42.2 Å². The molecule has 0 aliphatic carbocycles. The summed E-state index contributed by atoms with van der Waals surface area (Å²) < 4.78 is 40.7. The molecule has 0 spiro atoms. The number of alkyl halides is 3. The molecule has 0 saturated carbocycles. The lowest BCUT2D eigenvalue weighted by Gasteiger charge is -2.10. The van der Waals surface area contributed by atoms with Crippen molar-refractivity contribution in [1.29, 1.82) is 0 Å². The van der Waals surface area contributed by atoms with Gasteiger partial charge in [-0.15, -0.1) is 11.3 Å². The van der Waals surface area contributed by atoms with Crippen molar-refractivity contribution in [3.8, 4) is 5.69 Å². The average molecular weight is 522 g/mol. The maximum Gasteiger partial charge on any atom is 0.418 e. The molecule has 35 heavy (non-hydrogen) atoms. The van der Waals surface area contributed by atoms with Crippen molar-refractivity contribution >= 4 is 40.6 Å². The number of nitrogens with one attached hydrogen (secondary N) is 2. The minimum absolute atomic E-state index is 0.119. The van der Waals surface area contributed by atoms with Crippen LogP contribution in [0.15, 0.2) is 55.5 Å². The Kier molecular flexibility index (Phi) is 6.80. The Morgan fingerprint density at radius 3 is 2.57 bits per heavy atom. The average Bonchev–Trinajstić information content (AvgIpc) is 3.51. The third-order valence-corrected chi connectivity index (χ3v) is 6.12. The Morgan fingerprint density at radius 1 is 1.11 bits per heavy atom. The van der Waals surface area contributed by atoms with Gasteiger partial charge in [0.05, 0.1) is 22.8 Å². The highest BCUT2D eigenvalue weighted by Crippen LogP contribution is 2.35. The summed E-state index contributed by atoms with van der Waals surface area (Å²) in [4.78, 5) is 41.1. The van der Waals surface area contributed by atoms with Gasteiger partial charge in [-0.1, -0.05) is 11.6 Å². The summed E-state index contributed by atoms with van der Waals surface area (Å²) in [5, 5.41) is 4.87. The molecule has 0 aliphatic rings. The summed E-state index contributed by atoms with van der Waals surface area (Å²) in [5.74, 6) is -1.46. The lowest BCUT2D eigenvalue weighted by Crippen LogP contribution is -2.26. The molecule has 1 unspecified atom stereocenters. The molecule has 4 heterocycles. The Hall–Kier alpha value is -3.84. The van der Waals surface area contributed by atoms with Crippen LogP contribution in [0, 0.1) is 0 Å². The number of nitrogens with zero attached hydrogens (tertiary/aromatic N) is 5. The minimum Gasteiger partial charge on any atom is -0.342 e. The van der Waals surface area contributed by atoms with Crippen molar-refractivity contribution in [2.75, 3.05) is 5.32 Å². The zero-order valence-corrected chi connectivity index (χ0v) is 19.3. The molecular formula is C21H15ClF3N7O2S. The van der Waals surface area contributed by atoms with Crippen LogP contribution < -0.4 is 10.6 Å². The Balaban J connectivity index is 1.41. The fourth-order valence-electron chi connectivity index (χ4n) is 2.92. The Bertz CT molecular complexity index is 1370. The number of halogens is 4. The van der Waals surface area contributed by atoms with Crippen molar-refractivity contribution in [3.63, 3.8) is 0 Å². The van der Waals surface area contributed by atoms with E-state index in [1.165, 1.54) is 12.5 Å². The van der Waals surface area contributed by atoms with E-state index in [1.807, 2.05) is 0 Å². The van der Waals surface area contributed by atoms with Gasteiger partial charge in [0, 0.05) is 30.5 Å². The lowest BCUT2D eigenvalue weighted by molar-refractivity contribution is -0.137. The number of pyridine rings is 2. The number of anilines is 1. The largest absolute Gasteiger partial charge is 0.418 e. The predicted molar refractivity (Wildman–Crippen MR) is 122 cm³/mol. The van der Waals surface area contributed by atoms with Crippen LogP contribution in [0.2, 0.25) is 5.02 Å². The van der Waals surface area contributed by atoms with Gasteiger partial charge in [-0.25, -0.2) is 15.0 Å². The molecule has 2 amide bonds. The molecule has 4 aromatic rings. The smallest absolute Gasteiger partial charge is 0.342 e. The highest BCUT2D eigenvalue weighted by atomic mass is 35.5. The second-order valence-electron chi connectivity index (χ2n) is 7.13. The lowest BCUT2D eigenvalue weighted by atomic mass is 10.2. The van der Waals surface area contributed by atoms with E-state index in [4.69, 9.17) is 11.6 Å². The van der Waals surface area contributed by atoms with Crippen molar-refractivity contribution < 1.29 is 22.8 Å². The van der Waals surface area contributed by atoms with Crippen LogP contribution in [0.3, 0.4) is 0 Å². The number of carbonyl (C=O) groups is 2. The van der Waals surface area contributed by atoms with Gasteiger partial charge >= 0.3 is 6.18 Å². The van der Waals surface area contributed by atoms with Crippen LogP contribution >= 0.6 is 22.9 Å². The summed E-state index contributed by atoms with van der Waals surface area (Å²) in [6.45, 7) is 1.68. The summed E-state index contributed by atoms with van der Waals surface area (Å²) in [7, 11) is 0. The first kappa shape index (κ1) is 24.3. The van der Waals surface area contributed by atoms with Crippen LogP contribution in [-0.4, -0.2) is 36.3 Å². The summed E-state index contributed by atoms with van der Waals surface area (Å²) in [6.07, 6.45) is 3.67. The first-order valence-corrected chi connectivity index (χ1v) is 11.1. The number of hydrogen-bond acceptors (Lipinski definition) is 7. The van der Waals surface area contributed by atoms with Gasteiger partial charge < -0.3 is 15.2 Å². The zero-order chi connectivity index (χ0) is 25.2. The molecular weight excluding hydrogens is 507 g/mol. The van der Waals surface area contributed by atoms with E-state index in [9.17, 15) is 22.8 Å². The first-order valence-electron chi connectivity index (χ1n) is 9.87. The van der Waals surface area contributed by atoms with Crippen LogP contribution in [-0.2, 0) is 6.18 Å². The molecule has 14 heteroatoms. The van der Waals surface area contributed by atoms with Crippen molar-refractivity contribution in [2.45, 2.75) is 19.1 Å². The highest BCUT2D eigenvalue weighted by molar-refractivity contribution is 7.13. The number of aromatic nitrogens is 5. The van der Waals surface area contributed by atoms with Gasteiger partial charge in [0.25, 0.3) is 11.8 Å². The minimum atomic E-state index is -4.70. The third-order valence-electron chi connectivity index (χ3n) is 4.64. The van der Waals surface area contributed by atoms with E-state index >= 15 is 0 Å². The zero-order valence-electron chi connectivity index (χ0n) is 17.7. The molecule has 1 atom stereocenters. The van der Waals surface area contributed by atoms with Crippen LogP contribution in [0.5, 0.6) is 0 Å².